The van der Waals surface area contributed by atoms with E-state index in [-0.39, 0.29) is 5.91 Å². The SMILES string of the molecule is CCN(C(=O)Cc1c(C)nn(CC(C)C)c1C)c1cccc2ccccc12. The van der Waals surface area contributed by atoms with E-state index in [4.69, 9.17) is 0 Å². The van der Waals surface area contributed by atoms with Gasteiger partial charge in [-0.25, -0.2) is 0 Å². The van der Waals surface area contributed by atoms with Crippen molar-refractivity contribution in [2.75, 3.05) is 11.4 Å². The van der Waals surface area contributed by atoms with Crippen LogP contribution in [-0.2, 0) is 17.8 Å². The molecule has 0 aliphatic carbocycles. The lowest BCUT2D eigenvalue weighted by atomic mass is 10.1. The molecule has 2 aromatic carbocycles. The van der Waals surface area contributed by atoms with E-state index < -0.39 is 0 Å². The van der Waals surface area contributed by atoms with Crippen LogP contribution in [-0.4, -0.2) is 22.2 Å². The summed E-state index contributed by atoms with van der Waals surface area (Å²) in [7, 11) is 0. The van der Waals surface area contributed by atoms with E-state index in [1.54, 1.807) is 0 Å². The second kappa shape index (κ2) is 7.95. The minimum absolute atomic E-state index is 0.115. The van der Waals surface area contributed by atoms with Gasteiger partial charge in [0.2, 0.25) is 5.91 Å². The Hall–Kier alpha value is -2.62. The van der Waals surface area contributed by atoms with Crippen LogP contribution < -0.4 is 4.90 Å². The molecular formula is C23H29N3O. The van der Waals surface area contributed by atoms with Gasteiger partial charge in [0.1, 0.15) is 0 Å². The molecule has 3 rings (SSSR count). The van der Waals surface area contributed by atoms with Crippen molar-refractivity contribution in [1.29, 1.82) is 0 Å². The van der Waals surface area contributed by atoms with E-state index in [1.807, 2.05) is 47.7 Å². The molecule has 0 spiro atoms. The number of amides is 1. The lowest BCUT2D eigenvalue weighted by Gasteiger charge is -2.23. The molecule has 0 radical (unpaired) electrons. The summed E-state index contributed by atoms with van der Waals surface area (Å²) in [6, 6.07) is 14.4. The summed E-state index contributed by atoms with van der Waals surface area (Å²) in [6.07, 6.45) is 0.382. The second-order valence-corrected chi connectivity index (χ2v) is 7.54. The highest BCUT2D eigenvalue weighted by molar-refractivity contribution is 6.04. The fourth-order valence-electron chi connectivity index (χ4n) is 3.68. The van der Waals surface area contributed by atoms with Crippen LogP contribution in [0, 0.1) is 19.8 Å². The van der Waals surface area contributed by atoms with Crippen molar-refractivity contribution in [1.82, 2.24) is 9.78 Å². The maximum atomic E-state index is 13.2. The van der Waals surface area contributed by atoms with Crippen LogP contribution in [0.25, 0.3) is 10.8 Å². The van der Waals surface area contributed by atoms with Crippen LogP contribution in [0.2, 0.25) is 0 Å². The van der Waals surface area contributed by atoms with Crippen molar-refractivity contribution in [3.63, 3.8) is 0 Å². The second-order valence-electron chi connectivity index (χ2n) is 7.54. The molecule has 1 amide bonds. The first kappa shape index (κ1) is 19.2. The lowest BCUT2D eigenvalue weighted by molar-refractivity contribution is -0.117. The number of fused-ring (bicyclic) bond motifs is 1. The number of aryl methyl sites for hydroxylation is 1. The molecule has 0 unspecified atom stereocenters. The molecule has 0 aliphatic rings. The van der Waals surface area contributed by atoms with Gasteiger partial charge in [-0.05, 0) is 38.1 Å². The van der Waals surface area contributed by atoms with Crippen molar-refractivity contribution in [2.45, 2.75) is 47.6 Å². The Morgan fingerprint density at radius 2 is 1.81 bits per heavy atom. The molecule has 0 saturated carbocycles. The summed E-state index contributed by atoms with van der Waals surface area (Å²) < 4.78 is 2.04. The number of carbonyl (C=O) groups excluding carboxylic acids is 1. The first-order valence-electron chi connectivity index (χ1n) is 9.73. The molecule has 0 N–H and O–H groups in total. The van der Waals surface area contributed by atoms with E-state index in [2.05, 4.69) is 44.1 Å². The van der Waals surface area contributed by atoms with Crippen LogP contribution in [0.15, 0.2) is 42.5 Å². The smallest absolute Gasteiger partial charge is 0.231 e. The molecule has 0 bridgehead atoms. The van der Waals surface area contributed by atoms with Crippen LogP contribution in [0.5, 0.6) is 0 Å². The number of rotatable bonds is 6. The monoisotopic (exact) mass is 363 g/mol. The number of hydrogen-bond acceptors (Lipinski definition) is 2. The molecule has 0 atom stereocenters. The highest BCUT2D eigenvalue weighted by Crippen LogP contribution is 2.27. The van der Waals surface area contributed by atoms with Crippen molar-refractivity contribution in [3.8, 4) is 0 Å². The Labute approximate surface area is 161 Å². The number of nitrogens with zero attached hydrogens (tertiary/aromatic N) is 3. The van der Waals surface area contributed by atoms with E-state index in [1.165, 1.54) is 0 Å². The summed E-state index contributed by atoms with van der Waals surface area (Å²) in [6.45, 7) is 12.0. The molecular weight excluding hydrogens is 334 g/mol. The first-order chi connectivity index (χ1) is 12.9. The third-order valence-corrected chi connectivity index (χ3v) is 5.07. The molecule has 1 aromatic heterocycles. The van der Waals surface area contributed by atoms with Gasteiger partial charge >= 0.3 is 0 Å². The fraction of sp³-hybridized carbons (Fsp3) is 0.391. The third-order valence-electron chi connectivity index (χ3n) is 5.07. The Morgan fingerprint density at radius 3 is 2.52 bits per heavy atom. The fourth-order valence-corrected chi connectivity index (χ4v) is 3.68. The lowest BCUT2D eigenvalue weighted by Crippen LogP contribution is -2.32. The van der Waals surface area contributed by atoms with Crippen molar-refractivity contribution in [3.05, 3.63) is 59.4 Å². The molecule has 27 heavy (non-hydrogen) atoms. The average Bonchev–Trinajstić information content (AvgIpc) is 2.89. The van der Waals surface area contributed by atoms with E-state index >= 15 is 0 Å². The zero-order valence-electron chi connectivity index (χ0n) is 17.0. The van der Waals surface area contributed by atoms with Gasteiger partial charge in [-0.15, -0.1) is 0 Å². The summed E-state index contributed by atoms with van der Waals surface area (Å²) in [5.41, 5.74) is 4.09. The van der Waals surface area contributed by atoms with Crippen LogP contribution in [0.4, 0.5) is 5.69 Å². The quantitative estimate of drug-likeness (QED) is 0.624. The van der Waals surface area contributed by atoms with Gasteiger partial charge in [-0.1, -0.05) is 50.2 Å². The van der Waals surface area contributed by atoms with E-state index in [9.17, 15) is 4.79 Å². The zero-order chi connectivity index (χ0) is 19.6. The molecule has 4 heteroatoms. The normalized spacial score (nSPS) is 11.3. The van der Waals surface area contributed by atoms with Gasteiger partial charge in [0.15, 0.2) is 0 Å². The molecule has 3 aromatic rings. The average molecular weight is 364 g/mol. The highest BCUT2D eigenvalue weighted by Gasteiger charge is 2.21. The minimum atomic E-state index is 0.115. The standard InChI is InChI=1S/C23H29N3O/c1-6-25(22-13-9-11-19-10-7-8-12-20(19)22)23(27)14-21-17(4)24-26(18(21)5)15-16(2)3/h7-13,16H,6,14-15H2,1-5H3. The number of likely N-dealkylation sites (N-methyl/N-ethyl adjacent to an activating group) is 1. The highest BCUT2D eigenvalue weighted by atomic mass is 16.2. The molecule has 142 valence electrons. The number of carbonyl (C=O) groups is 1. The molecule has 0 saturated heterocycles. The van der Waals surface area contributed by atoms with Gasteiger partial charge in [-0.3, -0.25) is 9.48 Å². The van der Waals surface area contributed by atoms with E-state index in [0.29, 0.717) is 18.9 Å². The number of aromatic nitrogens is 2. The topological polar surface area (TPSA) is 38.1 Å². The summed E-state index contributed by atoms with van der Waals surface area (Å²) in [4.78, 5) is 15.1. The number of anilines is 1. The van der Waals surface area contributed by atoms with Crippen molar-refractivity contribution >= 4 is 22.4 Å². The Kier molecular flexibility index (Phi) is 5.64. The van der Waals surface area contributed by atoms with Gasteiger partial charge in [0.05, 0.1) is 17.8 Å². The molecule has 0 aliphatic heterocycles. The summed E-state index contributed by atoms with van der Waals surface area (Å²) in [5, 5.41) is 6.92. The summed E-state index contributed by atoms with van der Waals surface area (Å²) in [5.74, 6) is 0.638. The number of benzene rings is 2. The van der Waals surface area contributed by atoms with E-state index in [0.717, 1.165) is 40.0 Å². The predicted octanol–water partition coefficient (Wildman–Crippen LogP) is 4.90. The van der Waals surface area contributed by atoms with Crippen LogP contribution in [0.1, 0.15) is 37.7 Å². The first-order valence-corrected chi connectivity index (χ1v) is 9.73. The molecule has 1 heterocycles. The zero-order valence-corrected chi connectivity index (χ0v) is 17.0. The maximum absolute atomic E-state index is 13.2. The summed E-state index contributed by atoms with van der Waals surface area (Å²) >= 11 is 0. The Morgan fingerprint density at radius 1 is 1.11 bits per heavy atom. The van der Waals surface area contributed by atoms with Crippen LogP contribution in [0.3, 0.4) is 0 Å². The van der Waals surface area contributed by atoms with Gasteiger partial charge < -0.3 is 4.90 Å². The Bertz CT molecular complexity index is 950. The predicted molar refractivity (Wildman–Crippen MR) is 112 cm³/mol. The molecule has 0 fully saturated rings. The van der Waals surface area contributed by atoms with Gasteiger partial charge in [0, 0.05) is 29.7 Å². The maximum Gasteiger partial charge on any atom is 0.231 e. The minimum Gasteiger partial charge on any atom is -0.312 e. The van der Waals surface area contributed by atoms with Crippen molar-refractivity contribution in [2.24, 2.45) is 5.92 Å². The van der Waals surface area contributed by atoms with Crippen LogP contribution >= 0.6 is 0 Å². The largest absolute Gasteiger partial charge is 0.312 e. The number of hydrogen-bond donors (Lipinski definition) is 0. The third kappa shape index (κ3) is 3.90. The molecule has 4 nitrogen and oxygen atoms in total. The van der Waals surface area contributed by atoms with Gasteiger partial charge in [-0.2, -0.15) is 5.10 Å². The Balaban J connectivity index is 1.91. The van der Waals surface area contributed by atoms with Crippen molar-refractivity contribution < 1.29 is 4.79 Å². The van der Waals surface area contributed by atoms with Gasteiger partial charge in [0.25, 0.3) is 0 Å².